The molecule has 1 N–H and O–H groups in total. The number of carboxylic acid groups (broad SMARTS) is 1. The topological polar surface area (TPSA) is 54.4 Å². The molecule has 16 heavy (non-hydrogen) atoms. The molecule has 1 unspecified atom stereocenters. The number of benzene rings is 1. The lowest BCUT2D eigenvalue weighted by atomic mass is 10.00. The average Bonchev–Trinajstić information content (AvgIpc) is 2.19. The number of carbonyl (C=O) groups is 2. The van der Waals surface area contributed by atoms with E-state index in [-0.39, 0.29) is 17.0 Å². The zero-order valence-electron chi connectivity index (χ0n) is 9.16. The van der Waals surface area contributed by atoms with Crippen LogP contribution in [0.2, 0.25) is 0 Å². The smallest absolute Gasteiger partial charge is 0.307 e. The van der Waals surface area contributed by atoms with Gasteiger partial charge in [0.05, 0.1) is 11.2 Å². The number of alkyl halides is 1. The Morgan fingerprint density at radius 2 is 2.06 bits per heavy atom. The Morgan fingerprint density at radius 1 is 1.44 bits per heavy atom. The van der Waals surface area contributed by atoms with E-state index in [1.807, 2.05) is 6.92 Å². The molecule has 0 radical (unpaired) electrons. The fraction of sp³-hybridized carbons (Fsp3) is 0.333. The Morgan fingerprint density at radius 3 is 2.50 bits per heavy atom. The zero-order chi connectivity index (χ0) is 12.3. The summed E-state index contributed by atoms with van der Waals surface area (Å²) in [4.78, 5) is 22.0. The monoisotopic (exact) mass is 284 g/mol. The number of Topliss-reactive ketones (excluding diaryl/α,β-unsaturated/α-hetero) is 1. The van der Waals surface area contributed by atoms with Crippen molar-refractivity contribution in [2.75, 3.05) is 0 Å². The molecule has 1 rings (SSSR count). The molecule has 0 fully saturated rings. The van der Waals surface area contributed by atoms with E-state index in [4.69, 9.17) is 5.11 Å². The molecule has 1 aromatic rings. The highest BCUT2D eigenvalue weighted by Crippen LogP contribution is 2.15. The molecule has 0 aliphatic carbocycles. The summed E-state index contributed by atoms with van der Waals surface area (Å²) in [5.41, 5.74) is 2.18. The van der Waals surface area contributed by atoms with Crippen LogP contribution in [0.5, 0.6) is 0 Å². The highest BCUT2D eigenvalue weighted by atomic mass is 79.9. The van der Waals surface area contributed by atoms with Crippen molar-refractivity contribution in [3.63, 3.8) is 0 Å². The summed E-state index contributed by atoms with van der Waals surface area (Å²) >= 11 is 3.22. The first kappa shape index (κ1) is 12.9. The first-order valence-corrected chi connectivity index (χ1v) is 5.83. The van der Waals surface area contributed by atoms with E-state index < -0.39 is 5.97 Å². The van der Waals surface area contributed by atoms with Gasteiger partial charge in [-0.3, -0.25) is 9.59 Å². The number of hydrogen-bond donors (Lipinski definition) is 1. The number of halogens is 1. The van der Waals surface area contributed by atoms with Gasteiger partial charge in [-0.1, -0.05) is 28.1 Å². The molecular formula is C12H13BrO3. The van der Waals surface area contributed by atoms with Crippen molar-refractivity contribution in [1.29, 1.82) is 0 Å². The van der Waals surface area contributed by atoms with Gasteiger partial charge in [0.2, 0.25) is 0 Å². The van der Waals surface area contributed by atoms with E-state index in [0.29, 0.717) is 5.56 Å². The van der Waals surface area contributed by atoms with Gasteiger partial charge in [0.25, 0.3) is 0 Å². The van der Waals surface area contributed by atoms with Gasteiger partial charge in [0, 0.05) is 5.56 Å². The van der Waals surface area contributed by atoms with Crippen molar-refractivity contribution in [2.24, 2.45) is 0 Å². The fourth-order valence-electron chi connectivity index (χ4n) is 1.44. The normalized spacial score (nSPS) is 12.2. The van der Waals surface area contributed by atoms with E-state index >= 15 is 0 Å². The van der Waals surface area contributed by atoms with Gasteiger partial charge < -0.3 is 5.11 Å². The van der Waals surface area contributed by atoms with Crippen LogP contribution >= 0.6 is 15.9 Å². The number of aryl methyl sites for hydroxylation is 1. The summed E-state index contributed by atoms with van der Waals surface area (Å²) in [6.07, 6.45) is -0.00975. The molecule has 4 heteroatoms. The summed E-state index contributed by atoms with van der Waals surface area (Å²) in [6.45, 7) is 3.58. The quantitative estimate of drug-likeness (QED) is 0.683. The highest BCUT2D eigenvalue weighted by molar-refractivity contribution is 9.10. The Labute approximate surface area is 103 Å². The maximum atomic E-state index is 11.7. The fourth-order valence-corrected chi connectivity index (χ4v) is 1.70. The molecule has 3 nitrogen and oxygen atoms in total. The summed E-state index contributed by atoms with van der Waals surface area (Å²) < 4.78 is 0. The number of hydrogen-bond acceptors (Lipinski definition) is 2. The Bertz CT molecular complexity index is 424. The lowest BCUT2D eigenvalue weighted by Crippen LogP contribution is -2.11. The predicted molar refractivity (Wildman–Crippen MR) is 65.2 cm³/mol. The Balaban J connectivity index is 2.99. The van der Waals surface area contributed by atoms with Crippen LogP contribution in [-0.4, -0.2) is 21.7 Å². The number of aliphatic carboxylic acids is 1. The molecule has 0 saturated carbocycles. The van der Waals surface area contributed by atoms with Gasteiger partial charge in [-0.15, -0.1) is 0 Å². The van der Waals surface area contributed by atoms with Crippen molar-refractivity contribution in [1.82, 2.24) is 0 Å². The molecule has 1 atom stereocenters. The number of rotatable bonds is 4. The van der Waals surface area contributed by atoms with Crippen molar-refractivity contribution in [3.8, 4) is 0 Å². The third kappa shape index (κ3) is 3.17. The number of ketones is 1. The highest BCUT2D eigenvalue weighted by Gasteiger charge is 2.13. The van der Waals surface area contributed by atoms with Gasteiger partial charge in [-0.25, -0.2) is 0 Å². The average molecular weight is 285 g/mol. The second kappa shape index (κ2) is 5.25. The molecule has 1 aromatic carbocycles. The van der Waals surface area contributed by atoms with Crippen LogP contribution in [0.3, 0.4) is 0 Å². The second-order valence-corrected chi connectivity index (χ2v) is 5.07. The lowest BCUT2D eigenvalue weighted by molar-refractivity contribution is -0.136. The summed E-state index contributed by atoms with van der Waals surface area (Å²) in [5.74, 6) is -0.860. The largest absolute Gasteiger partial charge is 0.481 e. The minimum absolute atomic E-state index is 0.00461. The number of carbonyl (C=O) groups excluding carboxylic acids is 1. The summed E-state index contributed by atoms with van der Waals surface area (Å²) in [7, 11) is 0. The third-order valence-corrected chi connectivity index (χ3v) is 2.75. The van der Waals surface area contributed by atoms with Crippen LogP contribution < -0.4 is 0 Å². The number of carboxylic acids is 1. The van der Waals surface area contributed by atoms with Gasteiger partial charge in [0.1, 0.15) is 0 Å². The molecule has 0 spiro atoms. The van der Waals surface area contributed by atoms with Crippen molar-refractivity contribution in [2.45, 2.75) is 25.1 Å². The Hall–Kier alpha value is -1.16. The van der Waals surface area contributed by atoms with Crippen molar-refractivity contribution in [3.05, 3.63) is 34.9 Å². The zero-order valence-corrected chi connectivity index (χ0v) is 10.7. The van der Waals surface area contributed by atoms with E-state index in [9.17, 15) is 9.59 Å². The van der Waals surface area contributed by atoms with E-state index in [0.717, 1.165) is 11.1 Å². The van der Waals surface area contributed by atoms with Gasteiger partial charge >= 0.3 is 5.97 Å². The van der Waals surface area contributed by atoms with E-state index in [1.54, 1.807) is 25.1 Å². The predicted octanol–water partition coefficient (Wildman–Crippen LogP) is 2.59. The molecule has 0 saturated heterocycles. The molecule has 0 aliphatic heterocycles. The van der Waals surface area contributed by atoms with Gasteiger partial charge in [0.15, 0.2) is 5.78 Å². The van der Waals surface area contributed by atoms with Crippen LogP contribution in [0.1, 0.15) is 28.4 Å². The van der Waals surface area contributed by atoms with E-state index in [2.05, 4.69) is 15.9 Å². The molecule has 0 bridgehead atoms. The van der Waals surface area contributed by atoms with Crippen LogP contribution in [-0.2, 0) is 11.2 Å². The molecule has 0 amide bonds. The SMILES string of the molecule is Cc1cc(C(=O)C(C)Br)ccc1CC(=O)O. The van der Waals surface area contributed by atoms with Gasteiger partial charge in [-0.05, 0) is 31.0 Å². The van der Waals surface area contributed by atoms with Gasteiger partial charge in [-0.2, -0.15) is 0 Å². The Kier molecular flexibility index (Phi) is 4.24. The third-order valence-electron chi connectivity index (χ3n) is 2.33. The molecule has 0 aromatic heterocycles. The summed E-state index contributed by atoms with van der Waals surface area (Å²) in [5, 5.41) is 8.68. The molecule has 0 heterocycles. The second-order valence-electron chi connectivity index (χ2n) is 3.69. The standard InChI is InChI=1S/C12H13BrO3/c1-7-5-10(12(16)8(2)13)4-3-9(7)6-11(14)15/h3-5,8H,6H2,1-2H3,(H,14,15). The molecular weight excluding hydrogens is 272 g/mol. The first-order valence-electron chi connectivity index (χ1n) is 4.91. The molecule has 0 aliphatic rings. The maximum Gasteiger partial charge on any atom is 0.307 e. The van der Waals surface area contributed by atoms with Crippen molar-refractivity contribution < 1.29 is 14.7 Å². The van der Waals surface area contributed by atoms with Crippen LogP contribution in [0.25, 0.3) is 0 Å². The maximum absolute atomic E-state index is 11.7. The minimum atomic E-state index is -0.865. The van der Waals surface area contributed by atoms with Crippen molar-refractivity contribution >= 4 is 27.7 Å². The van der Waals surface area contributed by atoms with Crippen LogP contribution in [0.15, 0.2) is 18.2 Å². The molecule has 86 valence electrons. The van der Waals surface area contributed by atoms with Crippen LogP contribution in [0, 0.1) is 6.92 Å². The lowest BCUT2D eigenvalue weighted by Gasteiger charge is -2.07. The van der Waals surface area contributed by atoms with E-state index in [1.165, 1.54) is 0 Å². The summed E-state index contributed by atoms with van der Waals surface area (Å²) in [6, 6.07) is 5.11. The first-order chi connectivity index (χ1) is 7.41. The van der Waals surface area contributed by atoms with Crippen LogP contribution in [0.4, 0.5) is 0 Å². The minimum Gasteiger partial charge on any atom is -0.481 e.